The van der Waals surface area contributed by atoms with Gasteiger partial charge in [-0.2, -0.15) is 0 Å². The number of methoxy groups -OCH3 is 1. The van der Waals surface area contributed by atoms with Crippen LogP contribution in [-0.2, 0) is 0 Å². The number of ether oxygens (including phenoxy) is 1. The largest absolute Gasteiger partial charge is 0.497 e. The summed E-state index contributed by atoms with van der Waals surface area (Å²) in [6.07, 6.45) is 0. The Labute approximate surface area is 169 Å². The van der Waals surface area contributed by atoms with E-state index in [2.05, 4.69) is 15.5 Å². The highest BCUT2D eigenvalue weighted by atomic mass is 35.5. The molecule has 0 amide bonds. The monoisotopic (exact) mass is 417 g/mol. The zero-order chi connectivity index (χ0) is 18.8. The fraction of sp³-hybridized carbons (Fsp3) is 0.0526. The number of halogens is 2. The Hall–Kier alpha value is -2.54. The number of nitrogens with one attached hydrogen (secondary N) is 1. The molecule has 4 rings (SSSR count). The second-order valence-electron chi connectivity index (χ2n) is 5.59. The van der Waals surface area contributed by atoms with Crippen molar-refractivity contribution in [3.8, 4) is 28.5 Å². The van der Waals surface area contributed by atoms with Gasteiger partial charge in [0.2, 0.25) is 0 Å². The molecule has 2 heterocycles. The number of hydrogen-bond acceptors (Lipinski definition) is 6. The van der Waals surface area contributed by atoms with Crippen molar-refractivity contribution < 1.29 is 9.26 Å². The Morgan fingerprint density at radius 2 is 1.85 bits per heavy atom. The summed E-state index contributed by atoms with van der Waals surface area (Å²) < 4.78 is 10.6. The SMILES string of the molecule is COc1ccc(Nc2nc(-c3cc(-c4ccc(Cl)cc4Cl)no3)cs2)cc1. The van der Waals surface area contributed by atoms with E-state index in [1.54, 1.807) is 25.3 Å². The minimum absolute atomic E-state index is 0.516. The summed E-state index contributed by atoms with van der Waals surface area (Å²) in [5.41, 5.74) is 3.00. The molecule has 0 spiro atoms. The van der Waals surface area contributed by atoms with Crippen LogP contribution >= 0.6 is 34.5 Å². The van der Waals surface area contributed by atoms with Gasteiger partial charge in [-0.15, -0.1) is 11.3 Å². The highest BCUT2D eigenvalue weighted by molar-refractivity contribution is 7.14. The first kappa shape index (κ1) is 17.9. The van der Waals surface area contributed by atoms with Crippen LogP contribution in [0.4, 0.5) is 10.8 Å². The van der Waals surface area contributed by atoms with Crippen molar-refractivity contribution in [2.45, 2.75) is 0 Å². The van der Waals surface area contributed by atoms with Gasteiger partial charge in [0, 0.05) is 27.7 Å². The molecule has 8 heteroatoms. The van der Waals surface area contributed by atoms with Gasteiger partial charge in [-0.05, 0) is 42.5 Å². The molecular weight excluding hydrogens is 405 g/mol. The van der Waals surface area contributed by atoms with Gasteiger partial charge in [0.15, 0.2) is 10.9 Å². The standard InChI is InChI=1S/C19H13Cl2N3O2S/c1-25-13-5-3-12(4-6-13)22-19-23-17(10-27-19)18-9-16(24-26-18)14-7-2-11(20)8-15(14)21/h2-10H,1H3,(H,22,23). The van der Waals surface area contributed by atoms with E-state index in [4.69, 9.17) is 32.5 Å². The second kappa shape index (κ2) is 7.60. The van der Waals surface area contributed by atoms with Gasteiger partial charge in [-0.25, -0.2) is 4.98 Å². The van der Waals surface area contributed by atoms with Gasteiger partial charge in [0.25, 0.3) is 0 Å². The summed E-state index contributed by atoms with van der Waals surface area (Å²) in [5.74, 6) is 1.37. The summed E-state index contributed by atoms with van der Waals surface area (Å²) in [7, 11) is 1.64. The number of rotatable bonds is 5. The average Bonchev–Trinajstić information content (AvgIpc) is 3.32. The molecular formula is C19H13Cl2N3O2S. The Balaban J connectivity index is 1.54. The van der Waals surface area contributed by atoms with E-state index in [9.17, 15) is 0 Å². The van der Waals surface area contributed by atoms with E-state index < -0.39 is 0 Å². The van der Waals surface area contributed by atoms with Gasteiger partial charge in [0.05, 0.1) is 12.1 Å². The molecule has 0 aliphatic carbocycles. The predicted octanol–water partition coefficient (Wildman–Crippen LogP) is 6.52. The summed E-state index contributed by atoms with van der Waals surface area (Å²) in [4.78, 5) is 4.55. The molecule has 4 aromatic rings. The van der Waals surface area contributed by atoms with Crippen molar-refractivity contribution in [1.82, 2.24) is 10.1 Å². The lowest BCUT2D eigenvalue weighted by molar-refractivity contribution is 0.415. The van der Waals surface area contributed by atoms with Crippen LogP contribution < -0.4 is 10.1 Å². The molecule has 0 bridgehead atoms. The van der Waals surface area contributed by atoms with E-state index in [-0.39, 0.29) is 0 Å². The fourth-order valence-electron chi connectivity index (χ4n) is 2.46. The molecule has 0 saturated carbocycles. The average molecular weight is 418 g/mol. The van der Waals surface area contributed by atoms with Crippen LogP contribution in [0.1, 0.15) is 0 Å². The summed E-state index contributed by atoms with van der Waals surface area (Å²) in [6.45, 7) is 0. The third-order valence-corrected chi connectivity index (χ3v) is 5.12. The maximum Gasteiger partial charge on any atom is 0.187 e. The van der Waals surface area contributed by atoms with Crippen LogP contribution in [0.5, 0.6) is 5.75 Å². The topological polar surface area (TPSA) is 60.2 Å². The molecule has 0 saturated heterocycles. The van der Waals surface area contributed by atoms with Crippen LogP contribution in [0.3, 0.4) is 0 Å². The molecule has 5 nitrogen and oxygen atoms in total. The minimum Gasteiger partial charge on any atom is -0.497 e. The zero-order valence-electron chi connectivity index (χ0n) is 14.1. The van der Waals surface area contributed by atoms with Crippen molar-refractivity contribution in [1.29, 1.82) is 0 Å². The predicted molar refractivity (Wildman–Crippen MR) is 109 cm³/mol. The first-order valence-corrected chi connectivity index (χ1v) is 9.55. The third kappa shape index (κ3) is 3.93. The molecule has 0 fully saturated rings. The number of anilines is 2. The Morgan fingerprint density at radius 1 is 1.04 bits per heavy atom. The van der Waals surface area contributed by atoms with Gasteiger partial charge >= 0.3 is 0 Å². The van der Waals surface area contributed by atoms with Crippen LogP contribution in [0, 0.1) is 0 Å². The maximum absolute atomic E-state index is 6.24. The highest BCUT2D eigenvalue weighted by Crippen LogP contribution is 2.33. The zero-order valence-corrected chi connectivity index (χ0v) is 16.4. The van der Waals surface area contributed by atoms with Gasteiger partial charge in [0.1, 0.15) is 17.1 Å². The van der Waals surface area contributed by atoms with E-state index in [1.165, 1.54) is 11.3 Å². The quantitative estimate of drug-likeness (QED) is 0.400. The maximum atomic E-state index is 6.24. The van der Waals surface area contributed by atoms with Crippen molar-refractivity contribution >= 4 is 45.4 Å². The van der Waals surface area contributed by atoms with Crippen molar-refractivity contribution in [3.05, 3.63) is 64.0 Å². The second-order valence-corrected chi connectivity index (χ2v) is 7.29. The van der Waals surface area contributed by atoms with E-state index in [0.717, 1.165) is 22.1 Å². The molecule has 0 aliphatic heterocycles. The van der Waals surface area contributed by atoms with Gasteiger partial charge in [-0.1, -0.05) is 28.4 Å². The molecule has 136 valence electrons. The van der Waals surface area contributed by atoms with Gasteiger partial charge in [-0.3, -0.25) is 0 Å². The Kier molecular flexibility index (Phi) is 5.03. The summed E-state index contributed by atoms with van der Waals surface area (Å²) in [5, 5.41) is 11.1. The highest BCUT2D eigenvalue weighted by Gasteiger charge is 2.14. The fourth-order valence-corrected chi connectivity index (χ4v) is 3.69. The first-order chi connectivity index (χ1) is 13.1. The van der Waals surface area contributed by atoms with Crippen molar-refractivity contribution in [2.24, 2.45) is 0 Å². The van der Waals surface area contributed by atoms with Crippen LogP contribution in [0.2, 0.25) is 10.0 Å². The normalized spacial score (nSPS) is 10.8. The molecule has 0 unspecified atom stereocenters. The molecule has 27 heavy (non-hydrogen) atoms. The first-order valence-electron chi connectivity index (χ1n) is 7.91. The lowest BCUT2D eigenvalue weighted by atomic mass is 10.1. The Morgan fingerprint density at radius 3 is 2.59 bits per heavy atom. The van der Waals surface area contributed by atoms with Crippen LogP contribution in [0.25, 0.3) is 22.7 Å². The lowest BCUT2D eigenvalue weighted by Gasteiger charge is -2.03. The number of benzene rings is 2. The number of thiazole rings is 1. The lowest BCUT2D eigenvalue weighted by Crippen LogP contribution is -1.90. The van der Waals surface area contributed by atoms with E-state index >= 15 is 0 Å². The van der Waals surface area contributed by atoms with Crippen molar-refractivity contribution in [3.63, 3.8) is 0 Å². The van der Waals surface area contributed by atoms with E-state index in [0.29, 0.717) is 27.2 Å². The molecule has 0 radical (unpaired) electrons. The Bertz CT molecular complexity index is 1080. The third-order valence-electron chi connectivity index (χ3n) is 3.82. The molecule has 2 aromatic carbocycles. The number of nitrogens with zero attached hydrogens (tertiary/aromatic N) is 2. The smallest absolute Gasteiger partial charge is 0.187 e. The summed E-state index contributed by atoms with van der Waals surface area (Å²) in [6, 6.07) is 14.7. The van der Waals surface area contributed by atoms with Gasteiger partial charge < -0.3 is 14.6 Å². The molecule has 0 atom stereocenters. The van der Waals surface area contributed by atoms with Crippen LogP contribution in [0.15, 0.2) is 58.4 Å². The molecule has 2 aromatic heterocycles. The number of aromatic nitrogens is 2. The van der Waals surface area contributed by atoms with Crippen LogP contribution in [-0.4, -0.2) is 17.3 Å². The minimum atomic E-state index is 0.516. The van der Waals surface area contributed by atoms with Crippen molar-refractivity contribution in [2.75, 3.05) is 12.4 Å². The molecule has 0 aliphatic rings. The molecule has 1 N–H and O–H groups in total. The summed E-state index contributed by atoms with van der Waals surface area (Å²) >= 11 is 13.7. The van der Waals surface area contributed by atoms with E-state index in [1.807, 2.05) is 35.7 Å². The number of hydrogen-bond donors (Lipinski definition) is 1.